The largest absolute Gasteiger partial charge is 0.395 e. The highest BCUT2D eigenvalue weighted by Gasteiger charge is 2.64. The van der Waals surface area contributed by atoms with Crippen LogP contribution in [0.15, 0.2) is 0 Å². The van der Waals surface area contributed by atoms with E-state index in [2.05, 4.69) is 0 Å². The molecule has 0 heterocycles. The average Bonchev–Trinajstić information content (AvgIpc) is 1.72. The third-order valence-electron chi connectivity index (χ3n) is 1.38. The van der Waals surface area contributed by atoms with E-state index in [-0.39, 0.29) is 0 Å². The van der Waals surface area contributed by atoms with Crippen LogP contribution in [0.25, 0.3) is 0 Å². The Balaban J connectivity index is 4.85. The third kappa shape index (κ3) is 4.88. The minimum absolute atomic E-state index is 3.30. The van der Waals surface area contributed by atoms with Crippen LogP contribution in [0.4, 0.5) is 43.9 Å². The SMILES string of the molecule is FC(F)(F)CC(F)(F)C(F)(F)CC(F)(F)F. The summed E-state index contributed by atoms with van der Waals surface area (Å²) < 4.78 is 118. The van der Waals surface area contributed by atoms with Crippen LogP contribution in [0.1, 0.15) is 12.8 Å². The van der Waals surface area contributed by atoms with Crippen LogP contribution in [-0.2, 0) is 0 Å². The van der Waals surface area contributed by atoms with Gasteiger partial charge in [0.1, 0.15) is 12.8 Å². The summed E-state index contributed by atoms with van der Waals surface area (Å²) in [7, 11) is 0. The topological polar surface area (TPSA) is 0 Å². The molecule has 0 spiro atoms. The van der Waals surface area contributed by atoms with Crippen molar-refractivity contribution in [2.45, 2.75) is 37.0 Å². The van der Waals surface area contributed by atoms with E-state index in [4.69, 9.17) is 0 Å². The highest BCUT2D eigenvalue weighted by atomic mass is 19.4. The first-order valence-electron chi connectivity index (χ1n) is 3.55. The van der Waals surface area contributed by atoms with Crippen LogP contribution < -0.4 is 0 Å². The zero-order valence-corrected chi connectivity index (χ0v) is 7.19. The molecule has 0 rings (SSSR count). The van der Waals surface area contributed by atoms with E-state index in [9.17, 15) is 43.9 Å². The minimum Gasteiger partial charge on any atom is -0.200 e. The molecule has 0 unspecified atom stereocenters. The smallest absolute Gasteiger partial charge is 0.200 e. The van der Waals surface area contributed by atoms with E-state index in [0.29, 0.717) is 0 Å². The first-order chi connectivity index (χ1) is 6.66. The second-order valence-corrected chi connectivity index (χ2v) is 2.99. The van der Waals surface area contributed by atoms with Crippen molar-refractivity contribution >= 4 is 0 Å². The summed E-state index contributed by atoms with van der Waals surface area (Å²) >= 11 is 0. The molecule has 0 bridgehead atoms. The molecule has 16 heavy (non-hydrogen) atoms. The average molecular weight is 266 g/mol. The van der Waals surface area contributed by atoms with Crippen molar-refractivity contribution in [3.63, 3.8) is 0 Å². The van der Waals surface area contributed by atoms with Gasteiger partial charge in [0.15, 0.2) is 0 Å². The molecule has 0 nitrogen and oxygen atoms in total. The Morgan fingerprint density at radius 3 is 0.750 bits per heavy atom. The van der Waals surface area contributed by atoms with Crippen molar-refractivity contribution in [2.75, 3.05) is 0 Å². The van der Waals surface area contributed by atoms with E-state index in [1.807, 2.05) is 0 Å². The lowest BCUT2D eigenvalue weighted by Crippen LogP contribution is -2.46. The van der Waals surface area contributed by atoms with Gasteiger partial charge in [-0.2, -0.15) is 43.9 Å². The van der Waals surface area contributed by atoms with E-state index >= 15 is 0 Å². The number of alkyl halides is 10. The van der Waals surface area contributed by atoms with Gasteiger partial charge in [-0.1, -0.05) is 0 Å². The van der Waals surface area contributed by atoms with Gasteiger partial charge in [-0.05, 0) is 0 Å². The second-order valence-electron chi connectivity index (χ2n) is 2.99. The standard InChI is InChI=1S/C6H4F10/c7-3(8,1-5(11,12)13)4(9,10)2-6(14,15)16/h1-2H2. The number of rotatable bonds is 3. The third-order valence-corrected chi connectivity index (χ3v) is 1.38. The predicted molar refractivity (Wildman–Crippen MR) is 31.2 cm³/mol. The maximum absolute atomic E-state index is 12.3. The van der Waals surface area contributed by atoms with Crippen LogP contribution in [0, 0.1) is 0 Å². The van der Waals surface area contributed by atoms with Crippen molar-refractivity contribution in [1.82, 2.24) is 0 Å². The van der Waals surface area contributed by atoms with Crippen LogP contribution in [0.3, 0.4) is 0 Å². The van der Waals surface area contributed by atoms with Crippen LogP contribution in [0.2, 0.25) is 0 Å². The van der Waals surface area contributed by atoms with Crippen molar-refractivity contribution in [2.24, 2.45) is 0 Å². The fourth-order valence-electron chi connectivity index (χ4n) is 0.762. The molecular weight excluding hydrogens is 262 g/mol. The molecule has 0 aromatic rings. The van der Waals surface area contributed by atoms with Crippen LogP contribution in [0.5, 0.6) is 0 Å². The lowest BCUT2D eigenvalue weighted by Gasteiger charge is -2.27. The van der Waals surface area contributed by atoms with Gasteiger partial charge >= 0.3 is 24.2 Å². The van der Waals surface area contributed by atoms with Crippen molar-refractivity contribution in [3.8, 4) is 0 Å². The zero-order chi connectivity index (χ0) is 13.4. The minimum atomic E-state index is -5.79. The van der Waals surface area contributed by atoms with Gasteiger partial charge in [0.05, 0.1) is 0 Å². The Kier molecular flexibility index (Phi) is 3.78. The summed E-state index contributed by atoms with van der Waals surface area (Å²) in [6.07, 6.45) is -18.0. The summed E-state index contributed by atoms with van der Waals surface area (Å²) in [6, 6.07) is 0. The Morgan fingerprint density at radius 2 is 0.625 bits per heavy atom. The summed E-state index contributed by atoms with van der Waals surface area (Å²) in [4.78, 5) is 0. The molecule has 98 valence electrons. The molecule has 0 saturated carbocycles. The zero-order valence-electron chi connectivity index (χ0n) is 7.19. The fourth-order valence-corrected chi connectivity index (χ4v) is 0.762. The van der Waals surface area contributed by atoms with Gasteiger partial charge in [-0.25, -0.2) is 0 Å². The van der Waals surface area contributed by atoms with Crippen molar-refractivity contribution < 1.29 is 43.9 Å². The first kappa shape index (κ1) is 15.3. The lowest BCUT2D eigenvalue weighted by molar-refractivity contribution is -0.293. The summed E-state index contributed by atoms with van der Waals surface area (Å²) in [5.41, 5.74) is 0. The maximum atomic E-state index is 12.3. The van der Waals surface area contributed by atoms with Crippen molar-refractivity contribution in [3.05, 3.63) is 0 Å². The molecule has 0 saturated heterocycles. The van der Waals surface area contributed by atoms with E-state index in [1.165, 1.54) is 0 Å². The van der Waals surface area contributed by atoms with Crippen molar-refractivity contribution in [1.29, 1.82) is 0 Å². The van der Waals surface area contributed by atoms with Gasteiger partial charge in [0.2, 0.25) is 0 Å². The van der Waals surface area contributed by atoms with Crippen LogP contribution >= 0.6 is 0 Å². The molecular formula is C6H4F10. The molecule has 0 aromatic heterocycles. The highest BCUT2D eigenvalue weighted by Crippen LogP contribution is 2.47. The Hall–Kier alpha value is -0.700. The normalized spacial score (nSPS) is 15.4. The number of hydrogen-bond acceptors (Lipinski definition) is 0. The Morgan fingerprint density at radius 1 is 0.438 bits per heavy atom. The summed E-state index contributed by atoms with van der Waals surface area (Å²) in [5.74, 6) is -11.6. The van der Waals surface area contributed by atoms with Gasteiger partial charge < -0.3 is 0 Å². The van der Waals surface area contributed by atoms with Gasteiger partial charge in [0.25, 0.3) is 0 Å². The molecule has 0 aromatic carbocycles. The lowest BCUT2D eigenvalue weighted by atomic mass is 10.0. The fraction of sp³-hybridized carbons (Fsp3) is 1.00. The molecule has 10 heteroatoms. The number of hydrogen-bond donors (Lipinski definition) is 0. The summed E-state index contributed by atoms with van der Waals surface area (Å²) in [5, 5.41) is 0. The summed E-state index contributed by atoms with van der Waals surface area (Å²) in [6.45, 7) is 0. The molecule has 0 aliphatic carbocycles. The maximum Gasteiger partial charge on any atom is 0.395 e. The first-order valence-corrected chi connectivity index (χ1v) is 3.55. The molecule has 0 aliphatic rings. The van der Waals surface area contributed by atoms with Gasteiger partial charge in [-0.15, -0.1) is 0 Å². The highest BCUT2D eigenvalue weighted by molar-refractivity contribution is 4.88. The number of halogens is 10. The monoisotopic (exact) mass is 266 g/mol. The quantitative estimate of drug-likeness (QED) is 0.673. The predicted octanol–water partition coefficient (Wildman–Crippen LogP) is 4.16. The van der Waals surface area contributed by atoms with E-state index < -0.39 is 37.0 Å². The van der Waals surface area contributed by atoms with Gasteiger partial charge in [0, 0.05) is 0 Å². The van der Waals surface area contributed by atoms with Crippen LogP contribution in [-0.4, -0.2) is 24.2 Å². The Labute approximate surface area is 82.2 Å². The molecule has 0 atom stereocenters. The molecule has 0 aliphatic heterocycles. The van der Waals surface area contributed by atoms with E-state index in [1.54, 1.807) is 0 Å². The molecule has 0 fully saturated rings. The molecule has 0 amide bonds. The Bertz CT molecular complexity index is 207. The van der Waals surface area contributed by atoms with E-state index in [0.717, 1.165) is 0 Å². The molecule has 0 radical (unpaired) electrons. The molecule has 0 N–H and O–H groups in total. The second kappa shape index (κ2) is 3.95. The van der Waals surface area contributed by atoms with Gasteiger partial charge in [-0.3, -0.25) is 0 Å².